The molecule has 1 fully saturated rings. The first-order valence-electron chi connectivity index (χ1n) is 10.1. The van der Waals surface area contributed by atoms with Crippen molar-refractivity contribution in [2.24, 2.45) is 0 Å². The van der Waals surface area contributed by atoms with E-state index in [0.717, 1.165) is 25.2 Å². The topological polar surface area (TPSA) is 60.9 Å². The van der Waals surface area contributed by atoms with Crippen molar-refractivity contribution in [2.45, 2.75) is 25.3 Å². The van der Waals surface area contributed by atoms with Gasteiger partial charge in [0.1, 0.15) is 0 Å². The Morgan fingerprint density at radius 1 is 1.03 bits per heavy atom. The molecule has 3 rings (SSSR count). The number of halogens is 1. The first kappa shape index (κ1) is 22.7. The highest BCUT2D eigenvalue weighted by Gasteiger charge is 2.30. The van der Waals surface area contributed by atoms with Gasteiger partial charge in [0.2, 0.25) is 15.9 Å². The zero-order valence-corrected chi connectivity index (χ0v) is 19.0. The Balaban J connectivity index is 1.85. The molecule has 1 saturated heterocycles. The highest BCUT2D eigenvalue weighted by molar-refractivity contribution is 7.89. The summed E-state index contributed by atoms with van der Waals surface area (Å²) in [6.45, 7) is 7.59. The van der Waals surface area contributed by atoms with Crippen LogP contribution in [0.4, 0.5) is 0 Å². The molecule has 0 spiro atoms. The molecule has 30 heavy (non-hydrogen) atoms. The summed E-state index contributed by atoms with van der Waals surface area (Å²) in [6, 6.07) is 13.8. The predicted molar refractivity (Wildman–Crippen MR) is 119 cm³/mol. The van der Waals surface area contributed by atoms with Gasteiger partial charge in [-0.2, -0.15) is 4.31 Å². The molecule has 2 aromatic rings. The van der Waals surface area contributed by atoms with Crippen LogP contribution < -0.4 is 0 Å². The number of sulfonamides is 1. The van der Waals surface area contributed by atoms with E-state index in [-0.39, 0.29) is 23.9 Å². The number of piperazine rings is 1. The summed E-state index contributed by atoms with van der Waals surface area (Å²) < 4.78 is 28.0. The van der Waals surface area contributed by atoms with Crippen LogP contribution in [0.1, 0.15) is 18.1 Å². The van der Waals surface area contributed by atoms with E-state index in [0.29, 0.717) is 23.7 Å². The third-order valence-electron chi connectivity index (χ3n) is 5.45. The Bertz CT molecular complexity index is 971. The molecule has 2 aromatic carbocycles. The van der Waals surface area contributed by atoms with E-state index in [9.17, 15) is 13.2 Å². The van der Waals surface area contributed by atoms with Crippen LogP contribution in [0, 0.1) is 6.92 Å². The molecule has 162 valence electrons. The third-order valence-corrected chi connectivity index (χ3v) is 7.62. The Labute approximate surface area is 184 Å². The fourth-order valence-electron chi connectivity index (χ4n) is 3.47. The van der Waals surface area contributed by atoms with Gasteiger partial charge in [0.05, 0.1) is 11.4 Å². The quantitative estimate of drug-likeness (QED) is 0.652. The van der Waals surface area contributed by atoms with Gasteiger partial charge >= 0.3 is 0 Å². The first-order chi connectivity index (χ1) is 14.3. The van der Waals surface area contributed by atoms with E-state index >= 15 is 0 Å². The van der Waals surface area contributed by atoms with Crippen molar-refractivity contribution < 1.29 is 13.2 Å². The van der Waals surface area contributed by atoms with Crippen molar-refractivity contribution >= 4 is 27.5 Å². The Morgan fingerprint density at radius 2 is 1.67 bits per heavy atom. The lowest BCUT2D eigenvalue weighted by molar-refractivity contribution is -0.133. The maximum absolute atomic E-state index is 13.4. The molecule has 0 N–H and O–H groups in total. The van der Waals surface area contributed by atoms with Gasteiger partial charge in [0.15, 0.2) is 0 Å². The zero-order valence-electron chi connectivity index (χ0n) is 17.4. The normalized spacial score (nSPS) is 15.5. The average Bonchev–Trinajstić information content (AvgIpc) is 2.75. The molecule has 0 aliphatic carbocycles. The fraction of sp³-hybridized carbons (Fsp3) is 0.409. The molecule has 0 saturated carbocycles. The smallest absolute Gasteiger partial charge is 0.243 e. The molecule has 6 nitrogen and oxygen atoms in total. The van der Waals surface area contributed by atoms with Crippen LogP contribution in [0.15, 0.2) is 53.4 Å². The Kier molecular flexibility index (Phi) is 7.52. The second-order valence-electron chi connectivity index (χ2n) is 7.49. The second-order valence-corrected chi connectivity index (χ2v) is 9.84. The number of aryl methyl sites for hydroxylation is 1. The lowest BCUT2D eigenvalue weighted by atomic mass is 10.2. The van der Waals surface area contributed by atoms with E-state index in [2.05, 4.69) is 11.8 Å². The molecule has 8 heteroatoms. The first-order valence-corrected chi connectivity index (χ1v) is 11.9. The van der Waals surface area contributed by atoms with Crippen molar-refractivity contribution in [1.82, 2.24) is 14.1 Å². The lowest BCUT2D eigenvalue weighted by Crippen LogP contribution is -2.51. The van der Waals surface area contributed by atoms with E-state index < -0.39 is 10.0 Å². The zero-order chi connectivity index (χ0) is 21.7. The Morgan fingerprint density at radius 3 is 2.27 bits per heavy atom. The molecule has 1 heterocycles. The molecule has 0 unspecified atom stereocenters. The van der Waals surface area contributed by atoms with Gasteiger partial charge in [-0.05, 0) is 37.2 Å². The molecule has 1 aliphatic rings. The minimum atomic E-state index is -3.87. The Hall–Kier alpha value is -1.93. The van der Waals surface area contributed by atoms with Crippen molar-refractivity contribution in [1.29, 1.82) is 0 Å². The lowest BCUT2D eigenvalue weighted by Gasteiger charge is -2.35. The number of amides is 1. The van der Waals surface area contributed by atoms with Crippen LogP contribution in [-0.4, -0.2) is 67.7 Å². The minimum absolute atomic E-state index is 0.0382. The van der Waals surface area contributed by atoms with Gasteiger partial charge in [-0.1, -0.05) is 54.4 Å². The molecular weight excluding hydrogens is 422 g/mol. The summed E-state index contributed by atoms with van der Waals surface area (Å²) in [4.78, 5) is 17.2. The number of nitrogens with zero attached hydrogens (tertiary/aromatic N) is 3. The van der Waals surface area contributed by atoms with Gasteiger partial charge in [-0.25, -0.2) is 8.42 Å². The maximum Gasteiger partial charge on any atom is 0.243 e. The standard InChI is InChI=1S/C22H28ClN3O3S/c1-3-24-12-14-25(15-13-24)22(27)17-26(16-19-6-4-5-7-21(19)23)30(28,29)20-10-8-18(2)9-11-20/h4-11H,3,12-17H2,1-2H3. The van der Waals surface area contributed by atoms with Gasteiger partial charge in [-0.15, -0.1) is 0 Å². The molecule has 0 bridgehead atoms. The molecule has 0 atom stereocenters. The maximum atomic E-state index is 13.4. The van der Waals surface area contributed by atoms with Crippen molar-refractivity contribution in [3.63, 3.8) is 0 Å². The van der Waals surface area contributed by atoms with Gasteiger partial charge in [-0.3, -0.25) is 4.79 Å². The van der Waals surface area contributed by atoms with Crippen LogP contribution in [0.3, 0.4) is 0 Å². The van der Waals surface area contributed by atoms with E-state index in [1.165, 1.54) is 4.31 Å². The number of likely N-dealkylation sites (N-methyl/N-ethyl adjacent to an activating group) is 1. The van der Waals surface area contributed by atoms with E-state index in [1.54, 1.807) is 47.4 Å². The second kappa shape index (κ2) is 9.92. The summed E-state index contributed by atoms with van der Waals surface area (Å²) in [5, 5.41) is 0.477. The summed E-state index contributed by atoms with van der Waals surface area (Å²) in [5.74, 6) is -0.187. The molecule has 1 aliphatic heterocycles. The molecular formula is C22H28ClN3O3S. The molecule has 0 aromatic heterocycles. The van der Waals surface area contributed by atoms with Crippen LogP contribution in [0.2, 0.25) is 5.02 Å². The molecule has 1 amide bonds. The number of carbonyl (C=O) groups excluding carboxylic acids is 1. The van der Waals surface area contributed by atoms with Gasteiger partial charge in [0.25, 0.3) is 0 Å². The average molecular weight is 450 g/mol. The summed E-state index contributed by atoms with van der Waals surface area (Å²) in [5.41, 5.74) is 1.63. The molecule has 0 radical (unpaired) electrons. The van der Waals surface area contributed by atoms with Crippen LogP contribution in [0.5, 0.6) is 0 Å². The number of hydrogen-bond acceptors (Lipinski definition) is 4. The number of rotatable bonds is 7. The monoisotopic (exact) mass is 449 g/mol. The van der Waals surface area contributed by atoms with Gasteiger partial charge < -0.3 is 9.80 Å². The highest BCUT2D eigenvalue weighted by atomic mass is 35.5. The van der Waals surface area contributed by atoms with E-state index in [4.69, 9.17) is 11.6 Å². The predicted octanol–water partition coefficient (Wildman–Crippen LogP) is 3.00. The fourth-order valence-corrected chi connectivity index (χ4v) is 5.03. The van der Waals surface area contributed by atoms with E-state index in [1.807, 2.05) is 13.0 Å². The van der Waals surface area contributed by atoms with Crippen molar-refractivity contribution in [2.75, 3.05) is 39.3 Å². The number of carbonyl (C=O) groups is 1. The number of hydrogen-bond donors (Lipinski definition) is 0. The van der Waals surface area contributed by atoms with Crippen LogP contribution in [0.25, 0.3) is 0 Å². The van der Waals surface area contributed by atoms with Gasteiger partial charge in [0, 0.05) is 37.7 Å². The van der Waals surface area contributed by atoms with Crippen molar-refractivity contribution in [3.05, 3.63) is 64.7 Å². The minimum Gasteiger partial charge on any atom is -0.339 e. The van der Waals surface area contributed by atoms with Crippen molar-refractivity contribution in [3.8, 4) is 0 Å². The summed E-state index contributed by atoms with van der Waals surface area (Å²) in [7, 11) is -3.87. The number of benzene rings is 2. The largest absolute Gasteiger partial charge is 0.339 e. The highest BCUT2D eigenvalue weighted by Crippen LogP contribution is 2.23. The van der Waals surface area contributed by atoms with Crippen LogP contribution in [-0.2, 0) is 21.4 Å². The SMILES string of the molecule is CCN1CCN(C(=O)CN(Cc2ccccc2Cl)S(=O)(=O)c2ccc(C)cc2)CC1. The van der Waals surface area contributed by atoms with Crippen LogP contribution >= 0.6 is 11.6 Å². The summed E-state index contributed by atoms with van der Waals surface area (Å²) >= 11 is 6.28. The third kappa shape index (κ3) is 5.40. The summed E-state index contributed by atoms with van der Waals surface area (Å²) in [6.07, 6.45) is 0.